The van der Waals surface area contributed by atoms with E-state index in [1.54, 1.807) is 25.2 Å². The van der Waals surface area contributed by atoms with Gasteiger partial charge in [0.15, 0.2) is 5.65 Å². The number of imidazole rings is 1. The number of nitrogens with one attached hydrogen (secondary N) is 1. The van der Waals surface area contributed by atoms with Gasteiger partial charge in [-0.2, -0.15) is 4.39 Å². The van der Waals surface area contributed by atoms with Crippen LogP contribution in [0.2, 0.25) is 0 Å². The molecule has 1 aliphatic rings. The quantitative estimate of drug-likeness (QED) is 0.291. The minimum atomic E-state index is -4.34. The summed E-state index contributed by atoms with van der Waals surface area (Å²) in [7, 11) is -0.0725. The monoisotopic (exact) mass is 661 g/mol. The molecule has 16 heteroatoms. The number of aromatic nitrogens is 6. The molecule has 0 bridgehead atoms. The van der Waals surface area contributed by atoms with Gasteiger partial charge >= 0.3 is 11.8 Å². The average Bonchev–Trinajstić information content (AvgIpc) is 3.66. The third-order valence-corrected chi connectivity index (χ3v) is 10.1. The number of aryl methyl sites for hydroxylation is 2. The molecule has 13 nitrogen and oxygen atoms in total. The van der Waals surface area contributed by atoms with Crippen molar-refractivity contribution in [3.05, 3.63) is 63.6 Å². The largest absolute Gasteiger partial charge is 0.453 e. The van der Waals surface area contributed by atoms with Crippen LogP contribution in [0.3, 0.4) is 0 Å². The molecule has 1 aromatic carbocycles. The highest BCUT2D eigenvalue weighted by Crippen LogP contribution is 2.44. The Morgan fingerprint density at radius 3 is 2.57 bits per heavy atom. The van der Waals surface area contributed by atoms with E-state index in [1.165, 1.54) is 52.5 Å². The van der Waals surface area contributed by atoms with Crippen molar-refractivity contribution in [2.45, 2.75) is 35.9 Å². The number of amides is 1. The second kappa shape index (κ2) is 10.1. The molecule has 42 heavy (non-hydrogen) atoms. The number of nitrogens with zero attached hydrogens (tertiary/aromatic N) is 6. The maximum Gasteiger partial charge on any atom is 0.407 e. The molecule has 4 heterocycles. The Bertz CT molecular complexity index is 2050. The minimum absolute atomic E-state index is 0.0430. The first-order valence-corrected chi connectivity index (χ1v) is 15.0. The van der Waals surface area contributed by atoms with Gasteiger partial charge in [-0.3, -0.25) is 13.8 Å². The summed E-state index contributed by atoms with van der Waals surface area (Å²) in [6.07, 6.45) is 1.38. The molecule has 2 N–H and O–H groups in total. The Balaban J connectivity index is 1.69. The predicted molar refractivity (Wildman–Crippen MR) is 153 cm³/mol. The van der Waals surface area contributed by atoms with E-state index in [-0.39, 0.29) is 44.5 Å². The number of pyridine rings is 1. The molecule has 0 aliphatic heterocycles. The zero-order chi connectivity index (χ0) is 30.1. The molecular weight excluding hydrogens is 637 g/mol. The number of aliphatic hydroxyl groups excluding tert-OH is 1. The summed E-state index contributed by atoms with van der Waals surface area (Å²) in [5.74, 6) is -0.900. The third kappa shape index (κ3) is 4.15. The number of benzene rings is 1. The van der Waals surface area contributed by atoms with Crippen LogP contribution in [-0.4, -0.2) is 66.7 Å². The minimum Gasteiger partial charge on any atom is -0.453 e. The van der Waals surface area contributed by atoms with Crippen LogP contribution >= 0.6 is 15.9 Å². The molecule has 0 saturated heterocycles. The summed E-state index contributed by atoms with van der Waals surface area (Å²) in [5.41, 5.74) is 0.0911. The molecule has 0 unspecified atom stereocenters. The van der Waals surface area contributed by atoms with Crippen molar-refractivity contribution in [1.29, 1.82) is 0 Å². The highest BCUT2D eigenvalue weighted by atomic mass is 79.9. The smallest absolute Gasteiger partial charge is 0.407 e. The maximum absolute atomic E-state index is 15.2. The fourth-order valence-electron chi connectivity index (χ4n) is 5.69. The van der Waals surface area contributed by atoms with Crippen molar-refractivity contribution in [2.24, 2.45) is 14.1 Å². The van der Waals surface area contributed by atoms with E-state index < -0.39 is 45.9 Å². The van der Waals surface area contributed by atoms with Crippen LogP contribution in [0.4, 0.5) is 9.18 Å². The number of alkyl carbamates (subject to hydrolysis) is 1. The number of rotatable bonds is 5. The van der Waals surface area contributed by atoms with Crippen LogP contribution in [0.25, 0.3) is 33.3 Å². The molecule has 220 valence electrons. The highest BCUT2D eigenvalue weighted by molar-refractivity contribution is 9.10. The van der Waals surface area contributed by atoms with E-state index in [0.717, 1.165) is 3.97 Å². The lowest BCUT2D eigenvalue weighted by Gasteiger charge is -2.15. The number of carbonyl (C=O) groups excluding carboxylic acids is 1. The number of aliphatic hydroxyl groups is 1. The molecule has 4 aromatic heterocycles. The standard InChI is InChI=1S/C26H25BrFN7O6S/c1-32-12-15(23(28)31-32)21-20(27)19-22-17(11-29-24(19)35(21)42(39,40)14-7-5-4-6-8-14)33(2)26(38)34(22)13-9-16(18(36)10-13)30-25(37)41-3/h4-8,11-13,16,18,36H,9-10H2,1-3H3,(H,30,37)/t13-,16-,18+/m0/s1. The summed E-state index contributed by atoms with van der Waals surface area (Å²) in [6.45, 7) is 0. The van der Waals surface area contributed by atoms with Gasteiger partial charge in [-0.25, -0.2) is 27.0 Å². The van der Waals surface area contributed by atoms with Crippen LogP contribution in [0.5, 0.6) is 0 Å². The third-order valence-electron chi connectivity index (χ3n) is 7.61. The maximum atomic E-state index is 15.2. The summed E-state index contributed by atoms with van der Waals surface area (Å²) in [4.78, 5) is 29.9. The van der Waals surface area contributed by atoms with Crippen molar-refractivity contribution < 1.29 is 27.4 Å². The lowest BCUT2D eigenvalue weighted by molar-refractivity contribution is 0.128. The zero-order valence-electron chi connectivity index (χ0n) is 22.5. The summed E-state index contributed by atoms with van der Waals surface area (Å²) in [5, 5.41) is 17.3. The first-order chi connectivity index (χ1) is 19.9. The van der Waals surface area contributed by atoms with Gasteiger partial charge in [0, 0.05) is 26.3 Å². The molecule has 3 atom stereocenters. The van der Waals surface area contributed by atoms with Crippen molar-refractivity contribution in [3.8, 4) is 11.3 Å². The van der Waals surface area contributed by atoms with Crippen LogP contribution in [0.15, 0.2) is 56.9 Å². The SMILES string of the molecule is COC(=O)N[C@H]1C[C@H](n2c(=O)n(C)c3cnc4c(c(Br)c(-c5cn(C)nc5F)n4S(=O)(=O)c4ccccc4)c32)C[C@H]1O. The van der Waals surface area contributed by atoms with E-state index in [9.17, 15) is 23.1 Å². The Kier molecular flexibility index (Phi) is 6.74. The van der Waals surface area contributed by atoms with Crippen LogP contribution in [-0.2, 0) is 28.9 Å². The molecule has 1 saturated carbocycles. The van der Waals surface area contributed by atoms with Crippen molar-refractivity contribution in [1.82, 2.24) is 33.2 Å². The van der Waals surface area contributed by atoms with Gasteiger partial charge in [-0.05, 0) is 40.9 Å². The number of halogens is 2. The molecule has 6 rings (SSSR count). The van der Waals surface area contributed by atoms with Crippen LogP contribution in [0.1, 0.15) is 18.9 Å². The molecule has 5 aromatic rings. The van der Waals surface area contributed by atoms with E-state index in [4.69, 9.17) is 0 Å². The van der Waals surface area contributed by atoms with Gasteiger partial charge < -0.3 is 15.2 Å². The Morgan fingerprint density at radius 1 is 1.21 bits per heavy atom. The van der Waals surface area contributed by atoms with Crippen molar-refractivity contribution in [3.63, 3.8) is 0 Å². The number of hydrogen-bond donors (Lipinski definition) is 2. The first kappa shape index (κ1) is 28.1. The van der Waals surface area contributed by atoms with Gasteiger partial charge in [0.25, 0.3) is 10.0 Å². The molecule has 1 fully saturated rings. The molecule has 0 spiro atoms. The normalized spacial score (nSPS) is 19.1. The number of ether oxygens (including phenoxy) is 1. The van der Waals surface area contributed by atoms with Crippen LogP contribution < -0.4 is 11.0 Å². The molecule has 0 radical (unpaired) electrons. The second-order valence-corrected chi connectivity index (χ2v) is 12.7. The van der Waals surface area contributed by atoms with E-state index in [0.29, 0.717) is 11.0 Å². The number of hydrogen-bond acceptors (Lipinski definition) is 8. The Morgan fingerprint density at radius 2 is 1.93 bits per heavy atom. The number of methoxy groups -OCH3 is 1. The van der Waals surface area contributed by atoms with Gasteiger partial charge in [0.05, 0.1) is 62.5 Å². The summed E-state index contributed by atoms with van der Waals surface area (Å²) >= 11 is 3.53. The predicted octanol–water partition coefficient (Wildman–Crippen LogP) is 2.65. The van der Waals surface area contributed by atoms with Gasteiger partial charge in [-0.1, -0.05) is 18.2 Å². The van der Waals surface area contributed by atoms with Gasteiger partial charge in [-0.15, -0.1) is 5.10 Å². The molecule has 1 aliphatic carbocycles. The van der Waals surface area contributed by atoms with Crippen LogP contribution in [0, 0.1) is 5.95 Å². The fourth-order valence-corrected chi connectivity index (χ4v) is 8.07. The number of fused-ring (bicyclic) bond motifs is 3. The first-order valence-electron chi connectivity index (χ1n) is 12.8. The number of carbonyl (C=O) groups is 1. The van der Waals surface area contributed by atoms with E-state index in [2.05, 4.69) is 36.1 Å². The van der Waals surface area contributed by atoms with Gasteiger partial charge in [0.2, 0.25) is 5.95 Å². The zero-order valence-corrected chi connectivity index (χ0v) is 24.9. The van der Waals surface area contributed by atoms with Gasteiger partial charge in [0.1, 0.15) is 0 Å². The second-order valence-electron chi connectivity index (χ2n) is 10.1. The van der Waals surface area contributed by atoms with Crippen molar-refractivity contribution in [2.75, 3.05) is 7.11 Å². The fraction of sp³-hybridized carbons (Fsp3) is 0.308. The average molecular weight is 662 g/mol. The Hall–Kier alpha value is -4.02. The lowest BCUT2D eigenvalue weighted by atomic mass is 10.2. The summed E-state index contributed by atoms with van der Waals surface area (Å²) in [6, 6.07) is 6.39. The van der Waals surface area contributed by atoms with E-state index in [1.807, 2.05) is 0 Å². The van der Waals surface area contributed by atoms with Crippen molar-refractivity contribution >= 4 is 54.1 Å². The molecule has 1 amide bonds. The Labute approximate surface area is 246 Å². The summed E-state index contributed by atoms with van der Waals surface area (Å²) < 4.78 is 53.3. The van der Waals surface area contributed by atoms with E-state index >= 15 is 4.39 Å². The lowest BCUT2D eigenvalue weighted by Crippen LogP contribution is -2.39. The topological polar surface area (TPSA) is 155 Å². The highest BCUT2D eigenvalue weighted by Gasteiger charge is 2.39. The molecular formula is C26H25BrFN7O6S.